The van der Waals surface area contributed by atoms with E-state index in [-0.39, 0.29) is 48.9 Å². The summed E-state index contributed by atoms with van der Waals surface area (Å²) in [6.07, 6.45) is 2.43. The number of ether oxygens (including phenoxy) is 1. The summed E-state index contributed by atoms with van der Waals surface area (Å²) in [4.78, 5) is 14.1. The fourth-order valence-corrected chi connectivity index (χ4v) is 3.81. The molecule has 0 spiro atoms. The zero-order valence-corrected chi connectivity index (χ0v) is 15.1. The molecule has 1 aliphatic heterocycles. The molecule has 2 aromatic carbocycles. The molecule has 0 unspecified atom stereocenters. The number of aliphatic hydroxyl groups is 1. The van der Waals surface area contributed by atoms with Crippen LogP contribution in [0.15, 0.2) is 60.7 Å². The molecule has 0 saturated carbocycles. The maximum atomic E-state index is 12.3. The summed E-state index contributed by atoms with van der Waals surface area (Å²) < 4.78 is 5.44. The molecule has 0 aliphatic carbocycles. The number of benzene rings is 2. The number of carbonyl (C=O) groups is 1. The van der Waals surface area contributed by atoms with Crippen LogP contribution in [0.4, 0.5) is 4.79 Å². The Bertz CT molecular complexity index is 679. The Labute approximate surface area is 190 Å². The van der Waals surface area contributed by atoms with Gasteiger partial charge in [0, 0.05) is 19.7 Å². The van der Waals surface area contributed by atoms with E-state index in [1.165, 1.54) is 5.56 Å². The van der Waals surface area contributed by atoms with Crippen molar-refractivity contribution in [3.8, 4) is 0 Å². The van der Waals surface area contributed by atoms with E-state index in [9.17, 15) is 9.90 Å². The average Bonchev–Trinajstić information content (AvgIpc) is 2.72. The number of aliphatic hydroxyl groups excluding tert-OH is 1. The van der Waals surface area contributed by atoms with Crippen LogP contribution in [0.2, 0.25) is 0 Å². The molecule has 1 aliphatic rings. The predicted octanol–water partition coefficient (Wildman–Crippen LogP) is 2.37. The van der Waals surface area contributed by atoms with Gasteiger partial charge in [-0.3, -0.25) is 0 Å². The molecule has 4 nitrogen and oxygen atoms in total. The van der Waals surface area contributed by atoms with E-state index in [1.54, 1.807) is 4.90 Å². The molecule has 1 heterocycles. The second kappa shape index (κ2) is 13.1. The Hall–Kier alpha value is -1.20. The zero-order chi connectivity index (χ0) is 18.2. The minimum absolute atomic E-state index is 0. The standard InChI is InChI=1S/C22H27NO3.Al.Li.4H/c24-16-13-21(19-9-5-2-6-10-19)20-11-14-23(15-12-20)22(25)26-17-18-7-3-1-4-8-18;;;;;;/h1-10,20-21,24H,11-17H2;;;;;;/t21-;;;;;;/m0....../s1. The van der Waals surface area contributed by atoms with Crippen molar-refractivity contribution in [2.45, 2.75) is 31.8 Å². The van der Waals surface area contributed by atoms with Gasteiger partial charge in [0.15, 0.2) is 17.4 Å². The molecule has 0 aromatic heterocycles. The van der Waals surface area contributed by atoms with Gasteiger partial charge >= 0.3 is 25.0 Å². The van der Waals surface area contributed by atoms with Crippen molar-refractivity contribution in [2.24, 2.45) is 5.92 Å². The van der Waals surface area contributed by atoms with Crippen LogP contribution in [0, 0.1) is 5.92 Å². The Morgan fingerprint density at radius 3 is 2.18 bits per heavy atom. The summed E-state index contributed by atoms with van der Waals surface area (Å²) in [6.45, 7) is 1.94. The Morgan fingerprint density at radius 2 is 1.61 bits per heavy atom. The third kappa shape index (κ3) is 7.00. The van der Waals surface area contributed by atoms with E-state index in [0.717, 1.165) is 24.8 Å². The molecule has 3 rings (SSSR count). The van der Waals surface area contributed by atoms with Crippen LogP contribution >= 0.6 is 0 Å². The first-order valence-corrected chi connectivity index (χ1v) is 9.39. The summed E-state index contributed by atoms with van der Waals surface area (Å²) in [5.41, 5.74) is 2.29. The van der Waals surface area contributed by atoms with Crippen LogP contribution in [0.3, 0.4) is 0 Å². The predicted molar refractivity (Wildman–Crippen MR) is 119 cm³/mol. The number of nitrogens with zero attached hydrogens (tertiary/aromatic N) is 1. The zero-order valence-electron chi connectivity index (χ0n) is 15.1. The topological polar surface area (TPSA) is 49.8 Å². The minimum atomic E-state index is -0.231. The van der Waals surface area contributed by atoms with Gasteiger partial charge in [0.2, 0.25) is 0 Å². The van der Waals surface area contributed by atoms with Crippen molar-refractivity contribution in [1.82, 2.24) is 4.90 Å². The summed E-state index contributed by atoms with van der Waals surface area (Å²) in [7, 11) is 0. The molecule has 1 N–H and O–H groups in total. The molecule has 1 saturated heterocycles. The molecule has 1 fully saturated rings. The number of likely N-dealkylation sites (tertiary alicyclic amines) is 1. The van der Waals surface area contributed by atoms with Crippen molar-refractivity contribution < 1.29 is 14.6 Å². The Balaban J connectivity index is 0.00000196. The Morgan fingerprint density at radius 1 is 1.04 bits per heavy atom. The molecular weight excluding hydrogens is 360 g/mol. The van der Waals surface area contributed by atoms with Gasteiger partial charge in [-0.15, -0.1) is 0 Å². The second-order valence-electron chi connectivity index (χ2n) is 6.89. The maximum absolute atomic E-state index is 12.3. The SMILES string of the molecule is O=C(OCc1ccccc1)N1CCC([C@@H](CCO)c2ccccc2)CC1.[AlH3].[LiH]. The first kappa shape index (κ1) is 24.8. The molecule has 0 radical (unpaired) electrons. The summed E-state index contributed by atoms with van der Waals surface area (Å²) in [5.74, 6) is 0.839. The number of amides is 1. The summed E-state index contributed by atoms with van der Waals surface area (Å²) in [6, 6.07) is 20.2. The first-order chi connectivity index (χ1) is 12.8. The average molecular weight is 391 g/mol. The van der Waals surface area contributed by atoms with Gasteiger partial charge < -0.3 is 14.7 Å². The number of rotatable bonds is 6. The molecule has 146 valence electrons. The van der Waals surface area contributed by atoms with Crippen LogP contribution in [-0.4, -0.2) is 72.0 Å². The van der Waals surface area contributed by atoms with Gasteiger partial charge in [-0.25, -0.2) is 4.79 Å². The molecular formula is C22H31AlLiNO3. The van der Waals surface area contributed by atoms with Gasteiger partial charge in [0.25, 0.3) is 0 Å². The number of piperidine rings is 1. The van der Waals surface area contributed by atoms with E-state index < -0.39 is 0 Å². The van der Waals surface area contributed by atoms with Crippen molar-refractivity contribution in [3.05, 3.63) is 71.8 Å². The van der Waals surface area contributed by atoms with Gasteiger partial charge in [-0.05, 0) is 42.2 Å². The van der Waals surface area contributed by atoms with Crippen LogP contribution < -0.4 is 0 Å². The van der Waals surface area contributed by atoms with Crippen LogP contribution in [-0.2, 0) is 11.3 Å². The van der Waals surface area contributed by atoms with Crippen LogP contribution in [0.5, 0.6) is 0 Å². The van der Waals surface area contributed by atoms with E-state index in [4.69, 9.17) is 4.74 Å². The van der Waals surface area contributed by atoms with E-state index in [2.05, 4.69) is 24.3 Å². The van der Waals surface area contributed by atoms with Crippen molar-refractivity contribution in [2.75, 3.05) is 19.7 Å². The van der Waals surface area contributed by atoms with Crippen LogP contribution in [0.25, 0.3) is 0 Å². The van der Waals surface area contributed by atoms with E-state index in [0.29, 0.717) is 31.5 Å². The number of hydrogen-bond acceptors (Lipinski definition) is 3. The summed E-state index contributed by atoms with van der Waals surface area (Å²) >= 11 is 0. The molecule has 2 aromatic rings. The second-order valence-corrected chi connectivity index (χ2v) is 6.89. The first-order valence-electron chi connectivity index (χ1n) is 9.39. The summed E-state index contributed by atoms with van der Waals surface area (Å²) in [5, 5.41) is 9.46. The normalized spacial score (nSPS) is 15.1. The van der Waals surface area contributed by atoms with E-state index in [1.807, 2.05) is 36.4 Å². The van der Waals surface area contributed by atoms with Gasteiger partial charge in [0.1, 0.15) is 6.61 Å². The molecule has 1 amide bonds. The van der Waals surface area contributed by atoms with Crippen LogP contribution in [0.1, 0.15) is 36.3 Å². The monoisotopic (exact) mass is 391 g/mol. The fraction of sp³-hybridized carbons (Fsp3) is 0.409. The number of carbonyl (C=O) groups excluding carboxylic acids is 1. The van der Waals surface area contributed by atoms with Crippen molar-refractivity contribution >= 4 is 42.3 Å². The third-order valence-corrected chi connectivity index (χ3v) is 5.24. The fourth-order valence-electron chi connectivity index (χ4n) is 3.81. The molecule has 0 bridgehead atoms. The van der Waals surface area contributed by atoms with Gasteiger partial charge in [-0.1, -0.05) is 60.7 Å². The van der Waals surface area contributed by atoms with Crippen molar-refractivity contribution in [1.29, 1.82) is 0 Å². The molecule has 1 atom stereocenters. The third-order valence-electron chi connectivity index (χ3n) is 5.24. The van der Waals surface area contributed by atoms with Gasteiger partial charge in [0.05, 0.1) is 0 Å². The Kier molecular flexibility index (Phi) is 11.6. The molecule has 28 heavy (non-hydrogen) atoms. The molecule has 6 heteroatoms. The van der Waals surface area contributed by atoms with Gasteiger partial charge in [-0.2, -0.15) is 0 Å². The van der Waals surface area contributed by atoms with Crippen molar-refractivity contribution in [3.63, 3.8) is 0 Å². The number of hydrogen-bond donors (Lipinski definition) is 1. The quantitative estimate of drug-likeness (QED) is 0.770. The van der Waals surface area contributed by atoms with E-state index >= 15 is 0 Å².